The monoisotopic (exact) mass is 642 g/mol. The van der Waals surface area contributed by atoms with Gasteiger partial charge >= 0.3 is 6.18 Å². The van der Waals surface area contributed by atoms with Gasteiger partial charge in [-0.05, 0) is 48.9 Å². The Labute approximate surface area is 256 Å². The van der Waals surface area contributed by atoms with Crippen molar-refractivity contribution in [1.29, 1.82) is 0 Å². The number of anilines is 1. The standard InChI is InChI=1S/C30H26ClF3N6O3S/c1-43-25-18-20(8-13-23(25)31)26-27(40-28(39-26)19-6-3-2-4-7-19)24-14-17-36-29(38-24)35-15-5-16-37-44(41,42)22-11-9-21(10-12-22)30(32,33)34/h2-4,6-14,17-18,37H,5,15-16H2,1H3,(H,39,40)(H,35,36,38). The fraction of sp³-hybridized carbons (Fsp3) is 0.167. The molecule has 44 heavy (non-hydrogen) atoms. The van der Waals surface area contributed by atoms with Crippen molar-refractivity contribution in [2.75, 3.05) is 25.5 Å². The maximum absolute atomic E-state index is 12.8. The minimum atomic E-state index is -4.55. The normalized spacial score (nSPS) is 11.8. The number of halogens is 4. The third-order valence-electron chi connectivity index (χ3n) is 6.51. The number of nitrogens with one attached hydrogen (secondary N) is 3. The summed E-state index contributed by atoms with van der Waals surface area (Å²) < 4.78 is 71.1. The highest BCUT2D eigenvalue weighted by Gasteiger charge is 2.30. The maximum Gasteiger partial charge on any atom is 0.416 e. The average Bonchev–Trinajstić information content (AvgIpc) is 3.47. The van der Waals surface area contributed by atoms with Gasteiger partial charge in [-0.25, -0.2) is 28.1 Å². The number of ether oxygens (including phenoxy) is 1. The molecular weight excluding hydrogens is 617 g/mol. The number of alkyl halides is 3. The van der Waals surface area contributed by atoms with Crippen molar-refractivity contribution in [3.05, 3.63) is 95.6 Å². The molecule has 0 aliphatic carbocycles. The van der Waals surface area contributed by atoms with Crippen molar-refractivity contribution in [2.24, 2.45) is 0 Å². The molecule has 2 heterocycles. The molecule has 0 bridgehead atoms. The Kier molecular flexibility index (Phi) is 9.18. The summed E-state index contributed by atoms with van der Waals surface area (Å²) in [5, 5.41) is 3.54. The van der Waals surface area contributed by atoms with Crippen molar-refractivity contribution in [3.63, 3.8) is 0 Å². The third-order valence-corrected chi connectivity index (χ3v) is 8.30. The van der Waals surface area contributed by atoms with Gasteiger partial charge in [0.15, 0.2) is 0 Å². The van der Waals surface area contributed by atoms with Crippen LogP contribution in [0.4, 0.5) is 19.1 Å². The van der Waals surface area contributed by atoms with Crippen LogP contribution in [-0.2, 0) is 16.2 Å². The van der Waals surface area contributed by atoms with E-state index in [0.717, 1.165) is 35.4 Å². The Morgan fingerprint density at radius 3 is 2.39 bits per heavy atom. The van der Waals surface area contributed by atoms with Gasteiger partial charge in [-0.2, -0.15) is 13.2 Å². The summed E-state index contributed by atoms with van der Waals surface area (Å²) in [5.41, 5.74) is 2.54. The minimum Gasteiger partial charge on any atom is -0.495 e. The smallest absolute Gasteiger partial charge is 0.416 e. The van der Waals surface area contributed by atoms with Gasteiger partial charge < -0.3 is 15.0 Å². The first-order valence-corrected chi connectivity index (χ1v) is 15.1. The average molecular weight is 643 g/mol. The molecule has 0 fully saturated rings. The van der Waals surface area contributed by atoms with E-state index in [9.17, 15) is 21.6 Å². The van der Waals surface area contributed by atoms with E-state index in [-0.39, 0.29) is 11.4 Å². The lowest BCUT2D eigenvalue weighted by Gasteiger charge is -2.10. The molecular formula is C30H26ClF3N6O3S. The number of H-pyrrole nitrogens is 1. The number of methoxy groups -OCH3 is 1. The van der Waals surface area contributed by atoms with Crippen LogP contribution in [0.25, 0.3) is 34.0 Å². The molecule has 2 aromatic heterocycles. The largest absolute Gasteiger partial charge is 0.495 e. The van der Waals surface area contributed by atoms with E-state index in [0.29, 0.717) is 52.6 Å². The summed E-state index contributed by atoms with van der Waals surface area (Å²) >= 11 is 6.25. The molecule has 3 N–H and O–H groups in total. The number of hydrogen-bond donors (Lipinski definition) is 3. The van der Waals surface area contributed by atoms with Crippen LogP contribution in [0, 0.1) is 0 Å². The highest BCUT2D eigenvalue weighted by atomic mass is 35.5. The van der Waals surface area contributed by atoms with Crippen LogP contribution in [0.15, 0.2) is 90.0 Å². The highest BCUT2D eigenvalue weighted by Crippen LogP contribution is 2.36. The molecule has 0 aliphatic rings. The van der Waals surface area contributed by atoms with Crippen LogP contribution in [0.1, 0.15) is 12.0 Å². The molecule has 0 saturated heterocycles. The Morgan fingerprint density at radius 1 is 0.932 bits per heavy atom. The van der Waals surface area contributed by atoms with Crippen molar-refractivity contribution >= 4 is 27.6 Å². The van der Waals surface area contributed by atoms with Crippen molar-refractivity contribution < 1.29 is 26.3 Å². The quantitative estimate of drug-likeness (QED) is 0.138. The predicted octanol–water partition coefficient (Wildman–Crippen LogP) is 6.66. The van der Waals surface area contributed by atoms with E-state index < -0.39 is 21.8 Å². The van der Waals surface area contributed by atoms with Crippen LogP contribution >= 0.6 is 11.6 Å². The van der Waals surface area contributed by atoms with Gasteiger partial charge in [0.25, 0.3) is 0 Å². The first-order valence-electron chi connectivity index (χ1n) is 13.3. The highest BCUT2D eigenvalue weighted by molar-refractivity contribution is 7.89. The molecule has 0 radical (unpaired) electrons. The fourth-order valence-corrected chi connectivity index (χ4v) is 5.56. The van der Waals surface area contributed by atoms with Crippen LogP contribution in [0.3, 0.4) is 0 Å². The van der Waals surface area contributed by atoms with Gasteiger partial charge in [-0.3, -0.25) is 0 Å². The molecule has 0 spiro atoms. The number of nitrogens with zero attached hydrogens (tertiary/aromatic N) is 3. The second-order valence-corrected chi connectivity index (χ2v) is 11.7. The zero-order chi connectivity index (χ0) is 31.3. The van der Waals surface area contributed by atoms with Gasteiger partial charge in [0.05, 0.1) is 39.7 Å². The summed E-state index contributed by atoms with van der Waals surface area (Å²) in [5.74, 6) is 1.44. The SMILES string of the molecule is COc1cc(-c2nc(-c3ccccc3)[nH]c2-c2ccnc(NCCCNS(=O)(=O)c3ccc(C(F)(F)F)cc3)n2)ccc1Cl. The van der Waals surface area contributed by atoms with Crippen LogP contribution in [-0.4, -0.2) is 48.6 Å². The van der Waals surface area contributed by atoms with Crippen LogP contribution < -0.4 is 14.8 Å². The van der Waals surface area contributed by atoms with E-state index in [2.05, 4.69) is 25.0 Å². The van der Waals surface area contributed by atoms with E-state index in [1.54, 1.807) is 24.4 Å². The molecule has 228 valence electrons. The molecule has 0 aliphatic heterocycles. The zero-order valence-corrected chi connectivity index (χ0v) is 24.8. The second kappa shape index (κ2) is 13.0. The molecule has 0 amide bonds. The molecule has 5 aromatic rings. The number of imidazole rings is 1. The van der Waals surface area contributed by atoms with Crippen molar-refractivity contribution in [2.45, 2.75) is 17.5 Å². The lowest BCUT2D eigenvalue weighted by atomic mass is 10.1. The Morgan fingerprint density at radius 2 is 1.68 bits per heavy atom. The van der Waals surface area contributed by atoms with Crippen LogP contribution in [0.5, 0.6) is 5.75 Å². The summed E-state index contributed by atoms with van der Waals surface area (Å²) in [6.45, 7) is 0.359. The number of aromatic nitrogens is 4. The lowest BCUT2D eigenvalue weighted by molar-refractivity contribution is -0.137. The summed E-state index contributed by atoms with van der Waals surface area (Å²) in [7, 11) is -2.44. The molecule has 3 aromatic carbocycles. The predicted molar refractivity (Wildman–Crippen MR) is 162 cm³/mol. The lowest BCUT2D eigenvalue weighted by Crippen LogP contribution is -2.26. The molecule has 0 saturated carbocycles. The summed E-state index contributed by atoms with van der Waals surface area (Å²) in [6, 6.07) is 20.0. The first-order chi connectivity index (χ1) is 21.0. The second-order valence-electron chi connectivity index (χ2n) is 9.49. The van der Waals surface area contributed by atoms with Gasteiger partial charge in [-0.15, -0.1) is 0 Å². The topological polar surface area (TPSA) is 122 Å². The minimum absolute atomic E-state index is 0.0412. The van der Waals surface area contributed by atoms with Gasteiger partial charge in [0.1, 0.15) is 11.6 Å². The molecule has 9 nitrogen and oxygen atoms in total. The Balaban J connectivity index is 1.29. The Bertz CT molecular complexity index is 1850. The van der Waals surface area contributed by atoms with Crippen LogP contribution in [0.2, 0.25) is 5.02 Å². The van der Waals surface area contributed by atoms with E-state index >= 15 is 0 Å². The number of aromatic amines is 1. The zero-order valence-electron chi connectivity index (χ0n) is 23.2. The van der Waals surface area contributed by atoms with E-state index in [1.807, 2.05) is 36.4 Å². The van der Waals surface area contributed by atoms with Gasteiger partial charge in [0.2, 0.25) is 16.0 Å². The van der Waals surface area contributed by atoms with E-state index in [1.165, 1.54) is 7.11 Å². The first kappa shape index (κ1) is 31.0. The third kappa shape index (κ3) is 7.18. The summed E-state index contributed by atoms with van der Waals surface area (Å²) in [6.07, 6.45) is -2.61. The fourth-order valence-electron chi connectivity index (χ4n) is 4.29. The van der Waals surface area contributed by atoms with E-state index in [4.69, 9.17) is 21.3 Å². The number of rotatable bonds is 11. The number of sulfonamides is 1. The van der Waals surface area contributed by atoms with Gasteiger partial charge in [0, 0.05) is 30.4 Å². The summed E-state index contributed by atoms with van der Waals surface area (Å²) in [4.78, 5) is 16.9. The molecule has 0 atom stereocenters. The van der Waals surface area contributed by atoms with Crippen molar-refractivity contribution in [3.8, 4) is 39.8 Å². The number of benzene rings is 3. The molecule has 5 rings (SSSR count). The maximum atomic E-state index is 12.8. The van der Waals surface area contributed by atoms with Gasteiger partial charge in [-0.1, -0.05) is 48.0 Å². The molecule has 14 heteroatoms. The molecule has 0 unspecified atom stereocenters. The number of hydrogen-bond acceptors (Lipinski definition) is 7. The van der Waals surface area contributed by atoms with Crippen molar-refractivity contribution in [1.82, 2.24) is 24.7 Å². The Hall–Kier alpha value is -4.46.